The molecule has 0 radical (unpaired) electrons. The molecule has 1 aliphatic heterocycles. The molecule has 4 nitrogen and oxygen atoms in total. The molecule has 4 heteroatoms. The number of nitrogens with one attached hydrogen (secondary N) is 1. The molecule has 1 unspecified atom stereocenters. The van der Waals surface area contributed by atoms with Gasteiger partial charge in [0.1, 0.15) is 0 Å². The van der Waals surface area contributed by atoms with Crippen molar-refractivity contribution in [2.45, 2.75) is 38.6 Å². The third-order valence-electron chi connectivity index (χ3n) is 4.16. The summed E-state index contributed by atoms with van der Waals surface area (Å²) in [7, 11) is 5.70. The number of nitrogens with zero attached hydrogens (tertiary/aromatic N) is 2. The summed E-state index contributed by atoms with van der Waals surface area (Å²) < 4.78 is 0. The Hall–Kier alpha value is -0.610. The number of carbonyl (C=O) groups excluding carboxylic acids is 1. The standard InChI is InChI=1S/C14H29N3O/c1-12(15-2)13-7-10-17(11-8-13)9-5-6-14(18)16(3)4/h12-13,15H,5-11H2,1-4H3. The Morgan fingerprint density at radius 3 is 2.50 bits per heavy atom. The molecule has 1 saturated heterocycles. The van der Waals surface area contributed by atoms with Crippen molar-refractivity contribution in [3.63, 3.8) is 0 Å². The Balaban J connectivity index is 2.14. The maximum Gasteiger partial charge on any atom is 0.222 e. The quantitative estimate of drug-likeness (QED) is 0.774. The molecule has 1 rings (SSSR count). The van der Waals surface area contributed by atoms with Crippen molar-refractivity contribution in [1.82, 2.24) is 15.1 Å². The Morgan fingerprint density at radius 1 is 1.39 bits per heavy atom. The normalized spacial score (nSPS) is 19.8. The highest BCUT2D eigenvalue weighted by molar-refractivity contribution is 5.75. The number of piperidine rings is 1. The van der Waals surface area contributed by atoms with E-state index in [4.69, 9.17) is 0 Å². The van der Waals surface area contributed by atoms with Crippen molar-refractivity contribution in [1.29, 1.82) is 0 Å². The van der Waals surface area contributed by atoms with E-state index >= 15 is 0 Å². The van der Waals surface area contributed by atoms with Crippen LogP contribution in [-0.4, -0.2) is 62.5 Å². The summed E-state index contributed by atoms with van der Waals surface area (Å²) >= 11 is 0. The molecule has 1 atom stereocenters. The van der Waals surface area contributed by atoms with Crippen LogP contribution in [0.2, 0.25) is 0 Å². The maximum atomic E-state index is 11.5. The lowest BCUT2D eigenvalue weighted by Gasteiger charge is -2.34. The average molecular weight is 255 g/mol. The van der Waals surface area contributed by atoms with Crippen molar-refractivity contribution in [3.8, 4) is 0 Å². The van der Waals surface area contributed by atoms with Crippen molar-refractivity contribution in [2.24, 2.45) is 5.92 Å². The Kier molecular flexibility index (Phi) is 6.65. The molecule has 1 amide bonds. The molecule has 0 aliphatic carbocycles. The molecule has 18 heavy (non-hydrogen) atoms. The van der Waals surface area contributed by atoms with Crippen molar-refractivity contribution in [3.05, 3.63) is 0 Å². The molecule has 0 bridgehead atoms. The van der Waals surface area contributed by atoms with Gasteiger partial charge in [0.15, 0.2) is 0 Å². The SMILES string of the molecule is CNC(C)C1CCN(CCCC(=O)N(C)C)CC1. The Labute approximate surface area is 112 Å². The molecule has 0 aromatic carbocycles. The number of rotatable bonds is 6. The van der Waals surface area contributed by atoms with Crippen LogP contribution >= 0.6 is 0 Å². The first kappa shape index (κ1) is 15.4. The summed E-state index contributed by atoms with van der Waals surface area (Å²) in [5.41, 5.74) is 0. The molecular formula is C14H29N3O. The molecule has 0 aromatic heterocycles. The summed E-state index contributed by atoms with van der Waals surface area (Å²) in [5, 5.41) is 3.35. The van der Waals surface area contributed by atoms with E-state index in [9.17, 15) is 4.79 Å². The van der Waals surface area contributed by atoms with Gasteiger partial charge in [0.2, 0.25) is 5.91 Å². The maximum absolute atomic E-state index is 11.5. The van der Waals surface area contributed by atoms with Crippen LogP contribution in [0.3, 0.4) is 0 Å². The van der Waals surface area contributed by atoms with Crippen LogP contribution < -0.4 is 5.32 Å². The minimum atomic E-state index is 0.244. The fraction of sp³-hybridized carbons (Fsp3) is 0.929. The van der Waals surface area contributed by atoms with E-state index in [1.807, 2.05) is 21.1 Å². The van der Waals surface area contributed by atoms with E-state index in [2.05, 4.69) is 17.1 Å². The third-order valence-corrected chi connectivity index (χ3v) is 4.16. The second kappa shape index (κ2) is 7.74. The average Bonchev–Trinajstić information content (AvgIpc) is 2.38. The minimum Gasteiger partial charge on any atom is -0.349 e. The van der Waals surface area contributed by atoms with Gasteiger partial charge in [-0.25, -0.2) is 0 Å². The topological polar surface area (TPSA) is 35.6 Å². The Bertz CT molecular complexity index is 247. The lowest BCUT2D eigenvalue weighted by Crippen LogP contribution is -2.41. The summed E-state index contributed by atoms with van der Waals surface area (Å²) in [5.74, 6) is 1.06. The predicted octanol–water partition coefficient (Wildman–Crippen LogP) is 1.17. The van der Waals surface area contributed by atoms with Gasteiger partial charge < -0.3 is 15.1 Å². The number of hydrogen-bond acceptors (Lipinski definition) is 3. The van der Waals surface area contributed by atoms with Gasteiger partial charge in [0, 0.05) is 26.6 Å². The molecular weight excluding hydrogens is 226 g/mol. The van der Waals surface area contributed by atoms with E-state index < -0.39 is 0 Å². The lowest BCUT2D eigenvalue weighted by atomic mass is 9.90. The molecule has 0 aromatic rings. The first-order chi connectivity index (χ1) is 8.54. The molecule has 1 aliphatic rings. The van der Waals surface area contributed by atoms with Crippen LogP contribution in [0.1, 0.15) is 32.6 Å². The van der Waals surface area contributed by atoms with Gasteiger partial charge >= 0.3 is 0 Å². The largest absolute Gasteiger partial charge is 0.349 e. The molecule has 1 heterocycles. The zero-order valence-electron chi connectivity index (χ0n) is 12.4. The molecule has 1 N–H and O–H groups in total. The van der Waals surface area contributed by atoms with Gasteiger partial charge in [0.05, 0.1) is 0 Å². The summed E-state index contributed by atoms with van der Waals surface area (Å²) in [4.78, 5) is 15.6. The van der Waals surface area contributed by atoms with E-state index in [0.29, 0.717) is 12.5 Å². The van der Waals surface area contributed by atoms with Crippen LogP contribution in [0.25, 0.3) is 0 Å². The van der Waals surface area contributed by atoms with Gasteiger partial charge in [-0.15, -0.1) is 0 Å². The second-order valence-corrected chi connectivity index (χ2v) is 5.65. The fourth-order valence-electron chi connectivity index (χ4n) is 2.59. The first-order valence-corrected chi connectivity index (χ1v) is 7.14. The van der Waals surface area contributed by atoms with Crippen LogP contribution in [0.15, 0.2) is 0 Å². The van der Waals surface area contributed by atoms with Gasteiger partial charge in [-0.3, -0.25) is 4.79 Å². The molecule has 106 valence electrons. The third kappa shape index (κ3) is 4.94. The van der Waals surface area contributed by atoms with Crippen LogP contribution in [0.4, 0.5) is 0 Å². The number of hydrogen-bond donors (Lipinski definition) is 1. The van der Waals surface area contributed by atoms with Crippen LogP contribution in [0, 0.1) is 5.92 Å². The smallest absolute Gasteiger partial charge is 0.222 e. The summed E-state index contributed by atoms with van der Waals surface area (Å²) in [6, 6.07) is 0.627. The number of amides is 1. The zero-order valence-corrected chi connectivity index (χ0v) is 12.4. The molecule has 0 spiro atoms. The first-order valence-electron chi connectivity index (χ1n) is 7.14. The Morgan fingerprint density at radius 2 is 2.00 bits per heavy atom. The summed E-state index contributed by atoms with van der Waals surface area (Å²) in [6.45, 7) is 5.72. The fourth-order valence-corrected chi connectivity index (χ4v) is 2.59. The second-order valence-electron chi connectivity index (χ2n) is 5.65. The van der Waals surface area contributed by atoms with E-state index in [0.717, 1.165) is 18.9 Å². The van der Waals surface area contributed by atoms with E-state index in [1.165, 1.54) is 25.9 Å². The number of likely N-dealkylation sites (tertiary alicyclic amines) is 1. The van der Waals surface area contributed by atoms with Crippen LogP contribution in [-0.2, 0) is 4.79 Å². The zero-order chi connectivity index (χ0) is 13.5. The lowest BCUT2D eigenvalue weighted by molar-refractivity contribution is -0.128. The van der Waals surface area contributed by atoms with Crippen molar-refractivity contribution < 1.29 is 4.79 Å². The van der Waals surface area contributed by atoms with Gasteiger partial charge in [-0.2, -0.15) is 0 Å². The van der Waals surface area contributed by atoms with Crippen molar-refractivity contribution in [2.75, 3.05) is 40.8 Å². The van der Waals surface area contributed by atoms with Crippen LogP contribution in [0.5, 0.6) is 0 Å². The highest BCUT2D eigenvalue weighted by Gasteiger charge is 2.22. The van der Waals surface area contributed by atoms with Gasteiger partial charge in [-0.1, -0.05) is 0 Å². The minimum absolute atomic E-state index is 0.244. The van der Waals surface area contributed by atoms with E-state index in [-0.39, 0.29) is 5.91 Å². The van der Waals surface area contributed by atoms with E-state index in [1.54, 1.807) is 4.90 Å². The van der Waals surface area contributed by atoms with Gasteiger partial charge in [-0.05, 0) is 58.8 Å². The van der Waals surface area contributed by atoms with Crippen molar-refractivity contribution >= 4 is 5.91 Å². The monoisotopic (exact) mass is 255 g/mol. The highest BCUT2D eigenvalue weighted by atomic mass is 16.2. The number of carbonyl (C=O) groups is 1. The highest BCUT2D eigenvalue weighted by Crippen LogP contribution is 2.20. The molecule has 0 saturated carbocycles. The predicted molar refractivity (Wildman–Crippen MR) is 75.6 cm³/mol. The van der Waals surface area contributed by atoms with Gasteiger partial charge in [0.25, 0.3) is 0 Å². The summed E-state index contributed by atoms with van der Waals surface area (Å²) in [6.07, 6.45) is 4.23. The molecule has 1 fully saturated rings.